The van der Waals surface area contributed by atoms with Crippen molar-refractivity contribution in [2.24, 2.45) is 0 Å². The van der Waals surface area contributed by atoms with Gasteiger partial charge in [0.1, 0.15) is 17.3 Å². The van der Waals surface area contributed by atoms with Crippen LogP contribution in [0.15, 0.2) is 40.9 Å². The van der Waals surface area contributed by atoms with Crippen molar-refractivity contribution in [2.45, 2.75) is 20.4 Å². The highest BCUT2D eigenvalue weighted by molar-refractivity contribution is 9.10. The van der Waals surface area contributed by atoms with Crippen LogP contribution in [0.5, 0.6) is 11.5 Å². The van der Waals surface area contributed by atoms with Crippen molar-refractivity contribution in [2.75, 3.05) is 6.54 Å². The van der Waals surface area contributed by atoms with Crippen molar-refractivity contribution in [3.8, 4) is 11.5 Å². The highest BCUT2D eigenvalue weighted by atomic mass is 79.9. The monoisotopic (exact) mass is 337 g/mol. The number of nitrogens with one attached hydrogen (secondary N) is 1. The Hall–Kier alpha value is -1.39. The summed E-state index contributed by atoms with van der Waals surface area (Å²) in [4.78, 5) is 0. The maximum Gasteiger partial charge on any atom is 0.130 e. The highest BCUT2D eigenvalue weighted by Gasteiger charge is 2.05. The predicted molar refractivity (Wildman–Crippen MR) is 82.7 cm³/mol. The van der Waals surface area contributed by atoms with Gasteiger partial charge in [0.05, 0.1) is 0 Å². The summed E-state index contributed by atoms with van der Waals surface area (Å²) in [6.45, 7) is 5.52. The molecule has 0 heterocycles. The van der Waals surface area contributed by atoms with Gasteiger partial charge in [0.15, 0.2) is 0 Å². The maximum atomic E-state index is 13.5. The van der Waals surface area contributed by atoms with E-state index in [9.17, 15) is 4.39 Å². The largest absolute Gasteiger partial charge is 0.457 e. The Kier molecular flexibility index (Phi) is 5.15. The van der Waals surface area contributed by atoms with Crippen LogP contribution in [-0.4, -0.2) is 6.54 Å². The Morgan fingerprint density at radius 3 is 2.50 bits per heavy atom. The topological polar surface area (TPSA) is 21.3 Å². The van der Waals surface area contributed by atoms with Gasteiger partial charge in [-0.1, -0.05) is 35.0 Å². The normalized spacial score (nSPS) is 10.6. The summed E-state index contributed by atoms with van der Waals surface area (Å²) in [5, 5.41) is 3.27. The van der Waals surface area contributed by atoms with Crippen molar-refractivity contribution in [3.05, 3.63) is 57.8 Å². The van der Waals surface area contributed by atoms with Crippen LogP contribution in [0.4, 0.5) is 4.39 Å². The maximum absolute atomic E-state index is 13.5. The molecule has 0 bridgehead atoms. The molecule has 2 aromatic carbocycles. The first-order valence-corrected chi connectivity index (χ1v) is 7.32. The van der Waals surface area contributed by atoms with Gasteiger partial charge in [-0.05, 0) is 42.8 Å². The standard InChI is InChI=1S/C16H17BrFNO/c1-3-19-10-12-5-7-13(8-15(12)17)20-14-6-4-11(2)16(18)9-14/h4-9,19H,3,10H2,1-2H3. The zero-order valence-electron chi connectivity index (χ0n) is 11.5. The Morgan fingerprint density at radius 2 is 1.85 bits per heavy atom. The molecule has 2 rings (SSSR count). The number of rotatable bonds is 5. The van der Waals surface area contributed by atoms with E-state index in [-0.39, 0.29) is 5.82 Å². The van der Waals surface area contributed by atoms with Crippen LogP contribution >= 0.6 is 15.9 Å². The third kappa shape index (κ3) is 3.81. The molecule has 0 aliphatic rings. The minimum atomic E-state index is -0.259. The fraction of sp³-hybridized carbons (Fsp3) is 0.250. The molecule has 0 amide bonds. The van der Waals surface area contributed by atoms with E-state index in [4.69, 9.17) is 4.74 Å². The second-order valence-electron chi connectivity index (χ2n) is 4.55. The summed E-state index contributed by atoms with van der Waals surface area (Å²) < 4.78 is 20.1. The van der Waals surface area contributed by atoms with E-state index >= 15 is 0 Å². The van der Waals surface area contributed by atoms with Crippen LogP contribution in [0.3, 0.4) is 0 Å². The quantitative estimate of drug-likeness (QED) is 0.846. The number of hydrogen-bond acceptors (Lipinski definition) is 2. The minimum Gasteiger partial charge on any atom is -0.457 e. The minimum absolute atomic E-state index is 0.259. The average molecular weight is 338 g/mol. The van der Waals surface area contributed by atoms with Crippen LogP contribution in [0.25, 0.3) is 0 Å². The SMILES string of the molecule is CCNCc1ccc(Oc2ccc(C)c(F)c2)cc1Br. The predicted octanol–water partition coefficient (Wildman–Crippen LogP) is 4.80. The molecule has 106 valence electrons. The molecule has 0 spiro atoms. The molecule has 1 N–H and O–H groups in total. The Morgan fingerprint density at radius 1 is 1.15 bits per heavy atom. The van der Waals surface area contributed by atoms with Crippen molar-refractivity contribution in [3.63, 3.8) is 0 Å². The van der Waals surface area contributed by atoms with Crippen molar-refractivity contribution >= 4 is 15.9 Å². The van der Waals surface area contributed by atoms with E-state index in [2.05, 4.69) is 28.2 Å². The van der Waals surface area contributed by atoms with Gasteiger partial charge in [0, 0.05) is 17.1 Å². The molecule has 20 heavy (non-hydrogen) atoms. The van der Waals surface area contributed by atoms with E-state index in [1.165, 1.54) is 6.07 Å². The molecule has 0 saturated carbocycles. The molecule has 0 atom stereocenters. The molecular formula is C16H17BrFNO. The summed E-state index contributed by atoms with van der Waals surface area (Å²) in [6.07, 6.45) is 0. The molecule has 0 unspecified atom stereocenters. The summed E-state index contributed by atoms with van der Waals surface area (Å²) in [5.74, 6) is 0.921. The Bertz CT molecular complexity index is 601. The number of halogens is 2. The van der Waals surface area contributed by atoms with Gasteiger partial charge in [-0.15, -0.1) is 0 Å². The molecular weight excluding hydrogens is 321 g/mol. The first kappa shape index (κ1) is 15.0. The molecule has 0 aliphatic heterocycles. The van der Waals surface area contributed by atoms with Crippen LogP contribution in [0.1, 0.15) is 18.1 Å². The smallest absolute Gasteiger partial charge is 0.130 e. The van der Waals surface area contributed by atoms with Gasteiger partial charge >= 0.3 is 0 Å². The highest BCUT2D eigenvalue weighted by Crippen LogP contribution is 2.28. The molecule has 0 aliphatic carbocycles. The Labute approximate surface area is 127 Å². The van der Waals surface area contributed by atoms with E-state index in [0.717, 1.165) is 23.1 Å². The van der Waals surface area contributed by atoms with Crippen molar-refractivity contribution in [1.82, 2.24) is 5.32 Å². The number of hydrogen-bond donors (Lipinski definition) is 1. The second kappa shape index (κ2) is 6.86. The van der Waals surface area contributed by atoms with Crippen LogP contribution in [0.2, 0.25) is 0 Å². The molecule has 0 aromatic heterocycles. The Balaban J connectivity index is 2.13. The van der Waals surface area contributed by atoms with E-state index in [1.807, 2.05) is 18.2 Å². The van der Waals surface area contributed by atoms with Gasteiger partial charge in [0.25, 0.3) is 0 Å². The third-order valence-electron chi connectivity index (χ3n) is 2.97. The lowest BCUT2D eigenvalue weighted by Crippen LogP contribution is -2.11. The lowest BCUT2D eigenvalue weighted by Gasteiger charge is -2.10. The summed E-state index contributed by atoms with van der Waals surface area (Å²) in [5.41, 5.74) is 1.77. The number of aryl methyl sites for hydroxylation is 1. The van der Waals surface area contributed by atoms with Crippen LogP contribution < -0.4 is 10.1 Å². The summed E-state index contributed by atoms with van der Waals surface area (Å²) >= 11 is 3.52. The van der Waals surface area contributed by atoms with Crippen LogP contribution in [0, 0.1) is 12.7 Å². The lowest BCUT2D eigenvalue weighted by atomic mass is 10.2. The van der Waals surface area contributed by atoms with E-state index in [1.54, 1.807) is 19.1 Å². The van der Waals surface area contributed by atoms with E-state index in [0.29, 0.717) is 17.1 Å². The van der Waals surface area contributed by atoms with Gasteiger partial charge in [0.2, 0.25) is 0 Å². The summed E-state index contributed by atoms with van der Waals surface area (Å²) in [7, 11) is 0. The summed E-state index contributed by atoms with van der Waals surface area (Å²) in [6, 6.07) is 10.6. The lowest BCUT2D eigenvalue weighted by molar-refractivity contribution is 0.475. The fourth-order valence-corrected chi connectivity index (χ4v) is 2.27. The second-order valence-corrected chi connectivity index (χ2v) is 5.40. The first-order chi connectivity index (χ1) is 9.60. The number of ether oxygens (including phenoxy) is 1. The molecule has 2 nitrogen and oxygen atoms in total. The zero-order valence-corrected chi connectivity index (χ0v) is 13.1. The molecule has 0 radical (unpaired) electrons. The zero-order chi connectivity index (χ0) is 14.5. The van der Waals surface area contributed by atoms with Gasteiger partial charge in [-0.3, -0.25) is 0 Å². The van der Waals surface area contributed by atoms with Gasteiger partial charge in [-0.25, -0.2) is 4.39 Å². The van der Waals surface area contributed by atoms with Crippen LogP contribution in [-0.2, 0) is 6.54 Å². The number of benzene rings is 2. The van der Waals surface area contributed by atoms with Gasteiger partial charge in [-0.2, -0.15) is 0 Å². The molecule has 0 fully saturated rings. The van der Waals surface area contributed by atoms with Gasteiger partial charge < -0.3 is 10.1 Å². The molecule has 2 aromatic rings. The van der Waals surface area contributed by atoms with E-state index < -0.39 is 0 Å². The first-order valence-electron chi connectivity index (χ1n) is 6.53. The fourth-order valence-electron chi connectivity index (χ4n) is 1.77. The van der Waals surface area contributed by atoms with Crippen molar-refractivity contribution < 1.29 is 9.13 Å². The molecule has 4 heteroatoms. The molecule has 0 saturated heterocycles. The third-order valence-corrected chi connectivity index (χ3v) is 3.71. The van der Waals surface area contributed by atoms with Crippen molar-refractivity contribution in [1.29, 1.82) is 0 Å². The average Bonchev–Trinajstić information content (AvgIpc) is 2.42.